The molecule has 0 aliphatic carbocycles. The zero-order valence-corrected chi connectivity index (χ0v) is 7.65. The largest absolute Gasteiger partial charge is 0.432 e. The SMILES string of the molecule is CB(O)N(C)c1cccnc1C. The monoisotopic (exact) mass is 164 g/mol. The fourth-order valence-corrected chi connectivity index (χ4v) is 1.05. The predicted molar refractivity (Wildman–Crippen MR) is 51.2 cm³/mol. The Bertz CT molecular complexity index is 265. The third-order valence-electron chi connectivity index (χ3n) is 1.92. The number of aryl methyl sites for hydroxylation is 1. The second kappa shape index (κ2) is 3.58. The average Bonchev–Trinajstić information content (AvgIpc) is 2.04. The lowest BCUT2D eigenvalue weighted by atomic mass is 9.85. The molecule has 1 N–H and O–H groups in total. The van der Waals surface area contributed by atoms with Crippen LogP contribution in [0.4, 0.5) is 5.69 Å². The Kier molecular flexibility index (Phi) is 2.71. The third kappa shape index (κ3) is 1.77. The molecule has 1 rings (SSSR count). The molecule has 64 valence electrons. The number of hydrogen-bond donors (Lipinski definition) is 1. The normalized spacial score (nSPS) is 9.67. The van der Waals surface area contributed by atoms with Crippen LogP contribution < -0.4 is 4.81 Å². The molecular weight excluding hydrogens is 151 g/mol. The van der Waals surface area contributed by atoms with Gasteiger partial charge >= 0.3 is 7.05 Å². The summed E-state index contributed by atoms with van der Waals surface area (Å²) >= 11 is 0. The van der Waals surface area contributed by atoms with Gasteiger partial charge in [-0.1, -0.05) is 0 Å². The van der Waals surface area contributed by atoms with Crippen LogP contribution in [0.3, 0.4) is 0 Å². The Morgan fingerprint density at radius 2 is 2.25 bits per heavy atom. The predicted octanol–water partition coefficient (Wildman–Crippen LogP) is 0.937. The zero-order chi connectivity index (χ0) is 9.14. The van der Waals surface area contributed by atoms with Gasteiger partial charge in [-0.2, -0.15) is 0 Å². The van der Waals surface area contributed by atoms with Crippen molar-refractivity contribution < 1.29 is 5.02 Å². The highest BCUT2D eigenvalue weighted by molar-refractivity contribution is 6.53. The van der Waals surface area contributed by atoms with E-state index < -0.39 is 7.05 Å². The van der Waals surface area contributed by atoms with Crippen LogP contribution in [0.25, 0.3) is 0 Å². The van der Waals surface area contributed by atoms with Gasteiger partial charge in [0.15, 0.2) is 0 Å². The van der Waals surface area contributed by atoms with E-state index in [1.54, 1.807) is 17.8 Å². The maximum absolute atomic E-state index is 9.30. The number of aromatic nitrogens is 1. The molecule has 0 aliphatic heterocycles. The minimum Gasteiger partial charge on any atom is -0.432 e. The van der Waals surface area contributed by atoms with E-state index in [9.17, 15) is 5.02 Å². The first kappa shape index (κ1) is 9.07. The summed E-state index contributed by atoms with van der Waals surface area (Å²) < 4.78 is 0. The molecule has 1 aromatic rings. The van der Waals surface area contributed by atoms with Crippen LogP contribution in [0.15, 0.2) is 18.3 Å². The quantitative estimate of drug-likeness (QED) is 0.660. The van der Waals surface area contributed by atoms with E-state index in [1.165, 1.54) is 0 Å². The molecule has 0 fully saturated rings. The molecule has 0 aliphatic rings. The Labute approximate surface area is 73.2 Å². The summed E-state index contributed by atoms with van der Waals surface area (Å²) in [5, 5.41) is 9.30. The Hall–Kier alpha value is -1.03. The van der Waals surface area contributed by atoms with Gasteiger partial charge in [-0.05, 0) is 32.9 Å². The van der Waals surface area contributed by atoms with Crippen LogP contribution in [0.5, 0.6) is 0 Å². The third-order valence-corrected chi connectivity index (χ3v) is 1.92. The van der Waals surface area contributed by atoms with Crippen LogP contribution in [0.2, 0.25) is 6.82 Å². The van der Waals surface area contributed by atoms with Gasteiger partial charge < -0.3 is 9.83 Å². The van der Waals surface area contributed by atoms with Gasteiger partial charge in [0.2, 0.25) is 0 Å². The highest BCUT2D eigenvalue weighted by Gasteiger charge is 2.13. The minimum atomic E-state index is -0.479. The molecule has 3 nitrogen and oxygen atoms in total. The van der Waals surface area contributed by atoms with E-state index in [4.69, 9.17) is 0 Å². The number of anilines is 1. The fourth-order valence-electron chi connectivity index (χ4n) is 1.05. The summed E-state index contributed by atoms with van der Waals surface area (Å²) in [5.74, 6) is 0. The molecule has 0 saturated carbocycles. The maximum atomic E-state index is 9.30. The fraction of sp³-hybridized carbons (Fsp3) is 0.375. The van der Waals surface area contributed by atoms with E-state index in [0.29, 0.717) is 0 Å². The van der Waals surface area contributed by atoms with Crippen molar-refractivity contribution in [3.8, 4) is 0 Å². The highest BCUT2D eigenvalue weighted by Crippen LogP contribution is 2.15. The van der Waals surface area contributed by atoms with Crippen molar-refractivity contribution in [1.82, 2.24) is 4.98 Å². The first-order valence-electron chi connectivity index (χ1n) is 3.95. The molecular formula is C8H13BN2O. The van der Waals surface area contributed by atoms with E-state index in [1.807, 2.05) is 26.1 Å². The molecule has 4 heteroatoms. The second-order valence-electron chi connectivity index (χ2n) is 2.85. The first-order valence-corrected chi connectivity index (χ1v) is 3.95. The number of nitrogens with zero attached hydrogens (tertiary/aromatic N) is 2. The summed E-state index contributed by atoms with van der Waals surface area (Å²) in [6.07, 6.45) is 1.74. The Morgan fingerprint density at radius 1 is 1.58 bits per heavy atom. The smallest absolute Gasteiger partial charge is 0.409 e. The zero-order valence-electron chi connectivity index (χ0n) is 7.65. The van der Waals surface area contributed by atoms with Crippen molar-refractivity contribution in [3.05, 3.63) is 24.0 Å². The van der Waals surface area contributed by atoms with Gasteiger partial charge in [0.05, 0.1) is 5.69 Å². The summed E-state index contributed by atoms with van der Waals surface area (Å²) in [7, 11) is 1.36. The lowest BCUT2D eigenvalue weighted by Gasteiger charge is -2.20. The van der Waals surface area contributed by atoms with Gasteiger partial charge in [-0.15, -0.1) is 0 Å². The second-order valence-corrected chi connectivity index (χ2v) is 2.85. The molecule has 0 aromatic carbocycles. The molecule has 0 unspecified atom stereocenters. The van der Waals surface area contributed by atoms with Crippen LogP contribution in [0, 0.1) is 6.92 Å². The molecule has 12 heavy (non-hydrogen) atoms. The Morgan fingerprint density at radius 3 is 2.75 bits per heavy atom. The van der Waals surface area contributed by atoms with E-state index in [2.05, 4.69) is 4.98 Å². The van der Waals surface area contributed by atoms with Crippen LogP contribution in [-0.2, 0) is 0 Å². The molecule has 0 saturated heterocycles. The topological polar surface area (TPSA) is 36.4 Å². The van der Waals surface area contributed by atoms with E-state index in [-0.39, 0.29) is 0 Å². The van der Waals surface area contributed by atoms with Gasteiger partial charge in [-0.3, -0.25) is 4.98 Å². The van der Waals surface area contributed by atoms with Gasteiger partial charge in [-0.25, -0.2) is 0 Å². The summed E-state index contributed by atoms with van der Waals surface area (Å²) in [5.41, 5.74) is 1.90. The number of pyridine rings is 1. The molecule has 1 heterocycles. The first-order chi connectivity index (χ1) is 5.63. The van der Waals surface area contributed by atoms with Gasteiger partial charge in [0.1, 0.15) is 0 Å². The lowest BCUT2D eigenvalue weighted by Crippen LogP contribution is -2.33. The molecule has 0 amide bonds. The maximum Gasteiger partial charge on any atom is 0.409 e. The van der Waals surface area contributed by atoms with Crippen molar-refractivity contribution >= 4 is 12.7 Å². The standard InChI is InChI=1S/C8H13BN2O/c1-7-8(5-4-6-10-7)11(3)9(2)12/h4-6,12H,1-3H3. The molecule has 0 atom stereocenters. The van der Waals surface area contributed by atoms with E-state index in [0.717, 1.165) is 11.4 Å². The Balaban J connectivity index is 2.94. The van der Waals surface area contributed by atoms with Crippen molar-refractivity contribution in [2.24, 2.45) is 0 Å². The molecule has 0 bridgehead atoms. The lowest BCUT2D eigenvalue weighted by molar-refractivity contribution is 0.575. The van der Waals surface area contributed by atoms with Crippen molar-refractivity contribution in [1.29, 1.82) is 0 Å². The van der Waals surface area contributed by atoms with Crippen molar-refractivity contribution in [2.45, 2.75) is 13.7 Å². The summed E-state index contributed by atoms with van der Waals surface area (Å²) in [4.78, 5) is 5.91. The van der Waals surface area contributed by atoms with E-state index >= 15 is 0 Å². The molecule has 1 aromatic heterocycles. The summed E-state index contributed by atoms with van der Waals surface area (Å²) in [6.45, 7) is 3.65. The van der Waals surface area contributed by atoms with Crippen LogP contribution >= 0.6 is 0 Å². The van der Waals surface area contributed by atoms with Gasteiger partial charge in [0, 0.05) is 11.9 Å². The highest BCUT2D eigenvalue weighted by atomic mass is 16.2. The molecule has 0 spiro atoms. The van der Waals surface area contributed by atoms with Crippen molar-refractivity contribution in [3.63, 3.8) is 0 Å². The summed E-state index contributed by atoms with van der Waals surface area (Å²) in [6, 6.07) is 3.80. The van der Waals surface area contributed by atoms with Crippen molar-refractivity contribution in [2.75, 3.05) is 11.9 Å². The number of hydrogen-bond acceptors (Lipinski definition) is 3. The molecule has 0 radical (unpaired) electrons. The van der Waals surface area contributed by atoms with Crippen LogP contribution in [-0.4, -0.2) is 24.1 Å². The average molecular weight is 164 g/mol. The van der Waals surface area contributed by atoms with Crippen LogP contribution in [0.1, 0.15) is 5.69 Å². The minimum absolute atomic E-state index is 0.479. The number of rotatable bonds is 2. The van der Waals surface area contributed by atoms with Gasteiger partial charge in [0.25, 0.3) is 0 Å².